The number of hydrogen-bond donors (Lipinski definition) is 0. The first-order valence-electron chi connectivity index (χ1n) is 6.69. The normalized spacial score (nSPS) is 18.5. The highest BCUT2D eigenvalue weighted by Gasteiger charge is 2.16. The fourth-order valence-electron chi connectivity index (χ4n) is 2.35. The third-order valence-corrected chi connectivity index (χ3v) is 4.05. The van der Waals surface area contributed by atoms with Gasteiger partial charge in [0.05, 0.1) is 17.7 Å². The monoisotopic (exact) mass is 326 g/mol. The number of Topliss-reactive ketones (excluding diaryl/α,β-unsaturated/α-hetero) is 1. The van der Waals surface area contributed by atoms with Gasteiger partial charge in [-0.25, -0.2) is 0 Å². The third-order valence-electron chi connectivity index (χ3n) is 3.43. The van der Waals surface area contributed by atoms with Crippen LogP contribution in [0.15, 0.2) is 22.7 Å². The van der Waals surface area contributed by atoms with Crippen LogP contribution < -0.4 is 4.74 Å². The van der Waals surface area contributed by atoms with E-state index >= 15 is 0 Å². The fourth-order valence-corrected chi connectivity index (χ4v) is 2.89. The molecular formula is C15H19BrO3. The zero-order chi connectivity index (χ0) is 13.7. The molecule has 1 heterocycles. The number of hydrogen-bond acceptors (Lipinski definition) is 3. The highest BCUT2D eigenvalue weighted by atomic mass is 79.9. The van der Waals surface area contributed by atoms with Gasteiger partial charge in [-0.05, 0) is 59.8 Å². The molecule has 0 aromatic heterocycles. The van der Waals surface area contributed by atoms with Crippen molar-refractivity contribution in [3.05, 3.63) is 28.2 Å². The number of rotatable bonds is 6. The summed E-state index contributed by atoms with van der Waals surface area (Å²) in [6.45, 7) is 0.879. The standard InChI is InChI=1S/C15H19BrO3/c1-18-15-8-7-11(10-13(15)16)14(17)6-2-4-12-5-3-9-19-12/h7-8,10,12H,2-6,9H2,1H3. The van der Waals surface area contributed by atoms with E-state index in [1.54, 1.807) is 7.11 Å². The zero-order valence-corrected chi connectivity index (χ0v) is 12.7. The molecule has 1 aliphatic heterocycles. The summed E-state index contributed by atoms with van der Waals surface area (Å²) in [4.78, 5) is 12.1. The van der Waals surface area contributed by atoms with Crippen molar-refractivity contribution < 1.29 is 14.3 Å². The number of halogens is 1. The second kappa shape index (κ2) is 7.06. The predicted molar refractivity (Wildman–Crippen MR) is 77.8 cm³/mol. The molecule has 3 nitrogen and oxygen atoms in total. The van der Waals surface area contributed by atoms with Gasteiger partial charge in [0, 0.05) is 18.6 Å². The molecule has 0 spiro atoms. The molecule has 19 heavy (non-hydrogen) atoms. The van der Waals surface area contributed by atoms with E-state index in [4.69, 9.17) is 9.47 Å². The molecule has 0 bridgehead atoms. The van der Waals surface area contributed by atoms with E-state index in [1.807, 2.05) is 18.2 Å². The molecule has 1 aromatic rings. The topological polar surface area (TPSA) is 35.5 Å². The van der Waals surface area contributed by atoms with Crippen molar-refractivity contribution in [3.8, 4) is 5.75 Å². The van der Waals surface area contributed by atoms with Crippen LogP contribution in [0.25, 0.3) is 0 Å². The lowest BCUT2D eigenvalue weighted by atomic mass is 10.0. The van der Waals surface area contributed by atoms with Gasteiger partial charge in [-0.1, -0.05) is 0 Å². The number of benzene rings is 1. The lowest BCUT2D eigenvalue weighted by Gasteiger charge is -2.09. The van der Waals surface area contributed by atoms with E-state index in [0.29, 0.717) is 12.5 Å². The highest BCUT2D eigenvalue weighted by Crippen LogP contribution is 2.26. The Morgan fingerprint density at radius 3 is 3.00 bits per heavy atom. The molecule has 0 aliphatic carbocycles. The number of carbonyl (C=O) groups is 1. The maximum Gasteiger partial charge on any atom is 0.162 e. The Morgan fingerprint density at radius 1 is 1.53 bits per heavy atom. The van der Waals surface area contributed by atoms with Gasteiger partial charge in [0.15, 0.2) is 5.78 Å². The molecule has 0 N–H and O–H groups in total. The van der Waals surface area contributed by atoms with E-state index < -0.39 is 0 Å². The molecule has 0 saturated carbocycles. The van der Waals surface area contributed by atoms with Crippen LogP contribution in [0.3, 0.4) is 0 Å². The SMILES string of the molecule is COc1ccc(C(=O)CCCC2CCCO2)cc1Br. The van der Waals surface area contributed by atoms with E-state index in [0.717, 1.165) is 48.1 Å². The van der Waals surface area contributed by atoms with Crippen LogP contribution in [0.2, 0.25) is 0 Å². The quantitative estimate of drug-likeness (QED) is 0.741. The Balaban J connectivity index is 1.83. The summed E-state index contributed by atoms with van der Waals surface area (Å²) in [6.07, 6.45) is 5.14. The summed E-state index contributed by atoms with van der Waals surface area (Å²) in [7, 11) is 1.61. The molecule has 1 fully saturated rings. The van der Waals surface area contributed by atoms with Crippen LogP contribution in [0.5, 0.6) is 5.75 Å². The first kappa shape index (κ1) is 14.5. The maximum atomic E-state index is 12.1. The Labute approximate surface area is 122 Å². The van der Waals surface area contributed by atoms with Gasteiger partial charge < -0.3 is 9.47 Å². The summed E-state index contributed by atoms with van der Waals surface area (Å²) < 4.78 is 11.5. The Kier molecular flexibility index (Phi) is 5.40. The molecular weight excluding hydrogens is 308 g/mol. The van der Waals surface area contributed by atoms with Gasteiger partial charge in [-0.3, -0.25) is 4.79 Å². The Morgan fingerprint density at radius 2 is 2.37 bits per heavy atom. The van der Waals surface area contributed by atoms with Crippen LogP contribution in [0.4, 0.5) is 0 Å². The second-order valence-electron chi connectivity index (χ2n) is 4.80. The molecule has 2 rings (SSSR count). The summed E-state index contributed by atoms with van der Waals surface area (Å²) in [5, 5.41) is 0. The minimum Gasteiger partial charge on any atom is -0.496 e. The minimum absolute atomic E-state index is 0.182. The van der Waals surface area contributed by atoms with Crippen molar-refractivity contribution in [1.29, 1.82) is 0 Å². The van der Waals surface area contributed by atoms with Crippen molar-refractivity contribution >= 4 is 21.7 Å². The van der Waals surface area contributed by atoms with Crippen molar-refractivity contribution in [1.82, 2.24) is 0 Å². The largest absolute Gasteiger partial charge is 0.496 e. The second-order valence-corrected chi connectivity index (χ2v) is 5.65. The van der Waals surface area contributed by atoms with Crippen molar-refractivity contribution in [2.24, 2.45) is 0 Å². The van der Waals surface area contributed by atoms with Gasteiger partial charge in [0.25, 0.3) is 0 Å². The summed E-state index contributed by atoms with van der Waals surface area (Å²) in [5.74, 6) is 0.928. The molecule has 1 aliphatic rings. The number of methoxy groups -OCH3 is 1. The molecule has 1 unspecified atom stereocenters. The van der Waals surface area contributed by atoms with Gasteiger partial charge in [-0.2, -0.15) is 0 Å². The third kappa shape index (κ3) is 4.05. The van der Waals surface area contributed by atoms with Crippen molar-refractivity contribution in [2.45, 2.75) is 38.2 Å². The first-order chi connectivity index (χ1) is 9.20. The molecule has 4 heteroatoms. The van der Waals surface area contributed by atoms with E-state index in [1.165, 1.54) is 0 Å². The number of ether oxygens (including phenoxy) is 2. The summed E-state index contributed by atoms with van der Waals surface area (Å²) >= 11 is 3.40. The van der Waals surface area contributed by atoms with Crippen molar-refractivity contribution in [2.75, 3.05) is 13.7 Å². The van der Waals surface area contributed by atoms with Crippen LogP contribution in [-0.4, -0.2) is 25.6 Å². The number of ketones is 1. The lowest BCUT2D eigenvalue weighted by molar-refractivity contribution is 0.0922. The smallest absolute Gasteiger partial charge is 0.162 e. The fraction of sp³-hybridized carbons (Fsp3) is 0.533. The van der Waals surface area contributed by atoms with Crippen LogP contribution in [0.1, 0.15) is 42.5 Å². The van der Waals surface area contributed by atoms with Gasteiger partial charge in [0.1, 0.15) is 5.75 Å². The van der Waals surface area contributed by atoms with Gasteiger partial charge in [0.2, 0.25) is 0 Å². The molecule has 1 saturated heterocycles. The zero-order valence-electron chi connectivity index (χ0n) is 11.2. The van der Waals surface area contributed by atoms with E-state index in [-0.39, 0.29) is 5.78 Å². The average molecular weight is 327 g/mol. The average Bonchev–Trinajstić information content (AvgIpc) is 2.91. The predicted octanol–water partition coefficient (Wildman–Crippen LogP) is 3.99. The van der Waals surface area contributed by atoms with Crippen LogP contribution in [0, 0.1) is 0 Å². The molecule has 1 aromatic carbocycles. The Hall–Kier alpha value is -0.870. The minimum atomic E-state index is 0.182. The maximum absolute atomic E-state index is 12.1. The van der Waals surface area contributed by atoms with Gasteiger partial charge in [-0.15, -0.1) is 0 Å². The molecule has 104 valence electrons. The van der Waals surface area contributed by atoms with Crippen molar-refractivity contribution in [3.63, 3.8) is 0 Å². The molecule has 0 amide bonds. The highest BCUT2D eigenvalue weighted by molar-refractivity contribution is 9.10. The molecule has 1 atom stereocenters. The van der Waals surface area contributed by atoms with Crippen LogP contribution >= 0.6 is 15.9 Å². The molecule has 0 radical (unpaired) electrons. The summed E-state index contributed by atoms with van der Waals surface area (Å²) in [5.41, 5.74) is 0.736. The van der Waals surface area contributed by atoms with Gasteiger partial charge >= 0.3 is 0 Å². The lowest BCUT2D eigenvalue weighted by Crippen LogP contribution is -2.06. The number of carbonyl (C=O) groups excluding carboxylic acids is 1. The first-order valence-corrected chi connectivity index (χ1v) is 7.48. The van der Waals surface area contributed by atoms with Crippen LogP contribution in [-0.2, 0) is 4.74 Å². The Bertz CT molecular complexity index is 439. The summed E-state index contributed by atoms with van der Waals surface area (Å²) in [6, 6.07) is 5.46. The van der Waals surface area contributed by atoms with E-state index in [2.05, 4.69) is 15.9 Å². The van der Waals surface area contributed by atoms with E-state index in [9.17, 15) is 4.79 Å².